The lowest BCUT2D eigenvalue weighted by Crippen LogP contribution is -2.47. The van der Waals surface area contributed by atoms with Gasteiger partial charge in [-0.2, -0.15) is 0 Å². The molecule has 0 saturated carbocycles. The number of aromatic nitrogens is 1. The Kier molecular flexibility index (Phi) is 4.87. The van der Waals surface area contributed by atoms with Crippen LogP contribution in [0.3, 0.4) is 0 Å². The second kappa shape index (κ2) is 7.11. The third kappa shape index (κ3) is 3.87. The summed E-state index contributed by atoms with van der Waals surface area (Å²) in [4.78, 5) is 20.8. The Morgan fingerprint density at radius 3 is 2.69 bits per heavy atom. The van der Waals surface area contributed by atoms with Crippen LogP contribution < -0.4 is 0 Å². The summed E-state index contributed by atoms with van der Waals surface area (Å²) in [5, 5.41) is 3.06. The smallest absolute Gasteiger partial charge is 0.413 e. The van der Waals surface area contributed by atoms with E-state index in [1.54, 1.807) is 16.2 Å². The van der Waals surface area contributed by atoms with Crippen LogP contribution in [-0.2, 0) is 9.47 Å². The van der Waals surface area contributed by atoms with E-state index in [0.29, 0.717) is 6.61 Å². The fraction of sp³-hybridized carbons (Fsp3) is 0.391. The molecule has 3 heterocycles. The number of carbonyl (C=O) groups is 1. The molecule has 1 amide bonds. The third-order valence-electron chi connectivity index (χ3n) is 4.96. The van der Waals surface area contributed by atoms with Gasteiger partial charge in [0.1, 0.15) is 11.3 Å². The Hall–Kier alpha value is -2.44. The average Bonchev–Trinajstić information content (AvgIpc) is 3.27. The van der Waals surface area contributed by atoms with Gasteiger partial charge in [0.25, 0.3) is 0 Å². The van der Waals surface area contributed by atoms with Gasteiger partial charge in [0.05, 0.1) is 28.7 Å². The molecule has 3 aromatic rings. The van der Waals surface area contributed by atoms with Gasteiger partial charge in [-0.15, -0.1) is 11.3 Å². The molecule has 2 aromatic heterocycles. The van der Waals surface area contributed by atoms with Crippen LogP contribution in [0, 0.1) is 0 Å². The van der Waals surface area contributed by atoms with Crippen molar-refractivity contribution in [2.24, 2.45) is 0 Å². The standard InChI is InChI=1S/C23H26N2O3S/c1-22(2,3)28-21(26)25-19(14-27-23(25,4)5)16-13-18(20-11-8-12-29-20)24-17-10-7-6-9-15(16)17/h6-13,19H,14H2,1-5H3/t19-/m1/s1. The minimum atomic E-state index is -0.763. The normalized spacial score (nSPS) is 18.9. The van der Waals surface area contributed by atoms with Crippen LogP contribution in [0.2, 0.25) is 0 Å². The fourth-order valence-corrected chi connectivity index (χ4v) is 4.40. The number of ether oxygens (including phenoxy) is 2. The Labute approximate surface area is 175 Å². The molecule has 0 aliphatic carbocycles. The molecule has 1 saturated heterocycles. The molecule has 1 fully saturated rings. The molecular formula is C23H26N2O3S. The highest BCUT2D eigenvalue weighted by Gasteiger charge is 2.46. The van der Waals surface area contributed by atoms with Gasteiger partial charge in [0.15, 0.2) is 0 Å². The van der Waals surface area contributed by atoms with E-state index >= 15 is 0 Å². The third-order valence-corrected chi connectivity index (χ3v) is 5.85. The zero-order chi connectivity index (χ0) is 20.8. The molecule has 1 atom stereocenters. The molecule has 1 aromatic carbocycles. The lowest BCUT2D eigenvalue weighted by atomic mass is 9.99. The monoisotopic (exact) mass is 410 g/mol. The molecule has 1 aliphatic rings. The maximum atomic E-state index is 13.1. The first kappa shape index (κ1) is 19.9. The number of pyridine rings is 1. The van der Waals surface area contributed by atoms with E-state index in [0.717, 1.165) is 27.0 Å². The van der Waals surface area contributed by atoms with Crippen LogP contribution >= 0.6 is 11.3 Å². The van der Waals surface area contributed by atoms with Gasteiger partial charge in [0.2, 0.25) is 0 Å². The molecule has 0 radical (unpaired) electrons. The van der Waals surface area contributed by atoms with Crippen LogP contribution in [0.5, 0.6) is 0 Å². The molecule has 0 N–H and O–H groups in total. The van der Waals surface area contributed by atoms with Crippen molar-refractivity contribution in [3.8, 4) is 10.6 Å². The maximum absolute atomic E-state index is 13.1. The first-order chi connectivity index (χ1) is 13.7. The second-order valence-corrected chi connectivity index (χ2v) is 9.66. The van der Waals surface area contributed by atoms with Gasteiger partial charge >= 0.3 is 6.09 Å². The van der Waals surface area contributed by atoms with Crippen molar-refractivity contribution in [1.29, 1.82) is 0 Å². The molecule has 6 heteroatoms. The minimum absolute atomic E-state index is 0.258. The molecule has 5 nitrogen and oxygen atoms in total. The molecule has 1 aliphatic heterocycles. The van der Waals surface area contributed by atoms with Crippen molar-refractivity contribution in [2.75, 3.05) is 6.61 Å². The van der Waals surface area contributed by atoms with Gasteiger partial charge in [-0.05, 0) is 63.8 Å². The highest BCUT2D eigenvalue weighted by atomic mass is 32.1. The van der Waals surface area contributed by atoms with E-state index in [9.17, 15) is 4.79 Å². The summed E-state index contributed by atoms with van der Waals surface area (Å²) in [5.41, 5.74) is 1.49. The second-order valence-electron chi connectivity index (χ2n) is 8.72. The zero-order valence-electron chi connectivity index (χ0n) is 17.4. The first-order valence-corrected chi connectivity index (χ1v) is 10.6. The Morgan fingerprint density at radius 2 is 2.00 bits per heavy atom. The molecule has 0 unspecified atom stereocenters. The van der Waals surface area contributed by atoms with E-state index in [1.165, 1.54) is 0 Å². The van der Waals surface area contributed by atoms with Crippen LogP contribution in [0.1, 0.15) is 46.2 Å². The van der Waals surface area contributed by atoms with Gasteiger partial charge in [-0.3, -0.25) is 4.90 Å². The van der Waals surface area contributed by atoms with Crippen molar-refractivity contribution in [3.63, 3.8) is 0 Å². The number of fused-ring (bicyclic) bond motifs is 1. The van der Waals surface area contributed by atoms with E-state index in [1.807, 2.05) is 64.3 Å². The highest BCUT2D eigenvalue weighted by Crippen LogP contribution is 2.41. The number of hydrogen-bond donors (Lipinski definition) is 0. The fourth-order valence-electron chi connectivity index (χ4n) is 3.72. The lowest BCUT2D eigenvalue weighted by Gasteiger charge is -2.35. The van der Waals surface area contributed by atoms with Gasteiger partial charge in [-0.25, -0.2) is 9.78 Å². The number of thiophene rings is 1. The number of amides is 1. The van der Waals surface area contributed by atoms with Crippen LogP contribution in [0.4, 0.5) is 4.79 Å². The van der Waals surface area contributed by atoms with E-state index in [4.69, 9.17) is 14.5 Å². The zero-order valence-corrected chi connectivity index (χ0v) is 18.2. The molecule has 29 heavy (non-hydrogen) atoms. The number of nitrogens with zero attached hydrogens (tertiary/aromatic N) is 2. The summed E-state index contributed by atoms with van der Waals surface area (Å²) >= 11 is 1.65. The van der Waals surface area contributed by atoms with Gasteiger partial charge < -0.3 is 9.47 Å². The molecule has 152 valence electrons. The van der Waals surface area contributed by atoms with Crippen molar-refractivity contribution in [1.82, 2.24) is 9.88 Å². The highest BCUT2D eigenvalue weighted by molar-refractivity contribution is 7.13. The summed E-state index contributed by atoms with van der Waals surface area (Å²) < 4.78 is 11.8. The first-order valence-electron chi connectivity index (χ1n) is 9.75. The van der Waals surface area contributed by atoms with E-state index in [-0.39, 0.29) is 12.1 Å². The lowest BCUT2D eigenvalue weighted by molar-refractivity contribution is -0.0625. The Morgan fingerprint density at radius 1 is 1.24 bits per heavy atom. The average molecular weight is 411 g/mol. The van der Waals surface area contributed by atoms with Crippen molar-refractivity contribution in [2.45, 2.75) is 52.0 Å². The van der Waals surface area contributed by atoms with Crippen LogP contribution in [0.25, 0.3) is 21.5 Å². The summed E-state index contributed by atoms with van der Waals surface area (Å²) in [7, 11) is 0. The Bertz CT molecular complexity index is 1040. The van der Waals surface area contributed by atoms with Gasteiger partial charge in [-0.1, -0.05) is 24.3 Å². The van der Waals surface area contributed by atoms with E-state index in [2.05, 4.69) is 18.2 Å². The van der Waals surface area contributed by atoms with E-state index < -0.39 is 11.3 Å². The SMILES string of the molecule is CC(C)(C)OC(=O)N1[C@@H](c2cc(-c3cccs3)nc3ccccc23)COC1(C)C. The topological polar surface area (TPSA) is 51.7 Å². The van der Waals surface area contributed by atoms with Gasteiger partial charge in [0, 0.05) is 5.39 Å². The number of benzene rings is 1. The van der Waals surface area contributed by atoms with Crippen LogP contribution in [0.15, 0.2) is 47.8 Å². The largest absolute Gasteiger partial charge is 0.444 e. The Balaban J connectivity index is 1.85. The van der Waals surface area contributed by atoms with Crippen molar-refractivity contribution in [3.05, 3.63) is 53.4 Å². The molecule has 0 spiro atoms. The summed E-state index contributed by atoms with van der Waals surface area (Å²) in [5.74, 6) is 0. The number of para-hydroxylation sites is 1. The van der Waals surface area contributed by atoms with Crippen molar-refractivity contribution >= 4 is 28.3 Å². The predicted molar refractivity (Wildman–Crippen MR) is 116 cm³/mol. The molecule has 0 bridgehead atoms. The van der Waals surface area contributed by atoms with Crippen LogP contribution in [-0.4, -0.2) is 33.9 Å². The predicted octanol–water partition coefficient (Wildman–Crippen LogP) is 6.01. The van der Waals surface area contributed by atoms with Crippen molar-refractivity contribution < 1.29 is 14.3 Å². The molecular weight excluding hydrogens is 384 g/mol. The molecule has 4 rings (SSSR count). The maximum Gasteiger partial charge on any atom is 0.413 e. The number of carbonyl (C=O) groups excluding carboxylic acids is 1. The summed E-state index contributed by atoms with van der Waals surface area (Å²) in [6.45, 7) is 9.84. The minimum Gasteiger partial charge on any atom is -0.444 e. The summed E-state index contributed by atoms with van der Waals surface area (Å²) in [6, 6.07) is 13.9. The quantitative estimate of drug-likeness (QED) is 0.519. The number of rotatable bonds is 2. The number of hydrogen-bond acceptors (Lipinski definition) is 5. The summed E-state index contributed by atoms with van der Waals surface area (Å²) in [6.07, 6.45) is -0.372.